The molecule has 0 saturated heterocycles. The van der Waals surface area contributed by atoms with Crippen molar-refractivity contribution in [2.24, 2.45) is 0 Å². The van der Waals surface area contributed by atoms with Gasteiger partial charge in [0.25, 0.3) is 5.91 Å². The van der Waals surface area contributed by atoms with Gasteiger partial charge in [-0.2, -0.15) is 0 Å². The molecule has 4 aromatic rings. The van der Waals surface area contributed by atoms with Gasteiger partial charge in [-0.3, -0.25) is 4.79 Å². The van der Waals surface area contributed by atoms with Gasteiger partial charge >= 0.3 is 0 Å². The number of aliphatic hydroxyl groups is 1. The Morgan fingerprint density at radius 2 is 2.00 bits per heavy atom. The molecular formula is C20H16N2O4S. The van der Waals surface area contributed by atoms with Crippen LogP contribution in [0.3, 0.4) is 0 Å². The van der Waals surface area contributed by atoms with Gasteiger partial charge < -0.3 is 19.4 Å². The lowest BCUT2D eigenvalue weighted by Crippen LogP contribution is -2.22. The predicted molar refractivity (Wildman–Crippen MR) is 100 cm³/mol. The van der Waals surface area contributed by atoms with Crippen LogP contribution in [0.1, 0.15) is 32.1 Å². The quantitative estimate of drug-likeness (QED) is 0.528. The van der Waals surface area contributed by atoms with Crippen LogP contribution in [-0.4, -0.2) is 16.2 Å². The monoisotopic (exact) mass is 380 g/mol. The molecule has 1 amide bonds. The van der Waals surface area contributed by atoms with E-state index in [1.54, 1.807) is 18.2 Å². The number of aliphatic hydroxyl groups excluding tert-OH is 1. The summed E-state index contributed by atoms with van der Waals surface area (Å²) in [7, 11) is 0. The van der Waals surface area contributed by atoms with Gasteiger partial charge in [-0.1, -0.05) is 35.5 Å². The molecule has 0 aliphatic carbocycles. The summed E-state index contributed by atoms with van der Waals surface area (Å²) in [5.41, 5.74) is 1.08. The fraction of sp³-hybridized carbons (Fsp3) is 0.100. The van der Waals surface area contributed by atoms with E-state index in [0.717, 1.165) is 15.3 Å². The van der Waals surface area contributed by atoms with Gasteiger partial charge in [0.05, 0.1) is 12.8 Å². The van der Waals surface area contributed by atoms with Crippen LogP contribution in [0.25, 0.3) is 11.3 Å². The fourth-order valence-electron chi connectivity index (χ4n) is 2.60. The SMILES string of the molecule is O=C(NCc1ccc([C@H](O)c2ccco2)s1)c1cc(-c2ccccc2)on1. The second-order valence-electron chi connectivity index (χ2n) is 5.85. The number of carbonyl (C=O) groups is 1. The first-order valence-electron chi connectivity index (χ1n) is 8.31. The Balaban J connectivity index is 1.38. The van der Waals surface area contributed by atoms with E-state index < -0.39 is 6.10 Å². The molecule has 0 aliphatic rings. The summed E-state index contributed by atoms with van der Waals surface area (Å²) in [6, 6.07) is 18.2. The highest BCUT2D eigenvalue weighted by atomic mass is 32.1. The summed E-state index contributed by atoms with van der Waals surface area (Å²) >= 11 is 1.41. The van der Waals surface area contributed by atoms with Gasteiger partial charge in [-0.05, 0) is 24.3 Å². The first-order valence-corrected chi connectivity index (χ1v) is 9.13. The van der Waals surface area contributed by atoms with Crippen LogP contribution in [0, 0.1) is 0 Å². The van der Waals surface area contributed by atoms with Crippen molar-refractivity contribution >= 4 is 17.2 Å². The van der Waals surface area contributed by atoms with Gasteiger partial charge in [0.1, 0.15) is 11.9 Å². The number of thiophene rings is 1. The van der Waals surface area contributed by atoms with Gasteiger partial charge in [-0.15, -0.1) is 11.3 Å². The number of furan rings is 1. The van der Waals surface area contributed by atoms with E-state index in [4.69, 9.17) is 8.94 Å². The molecule has 6 nitrogen and oxygen atoms in total. The zero-order valence-corrected chi connectivity index (χ0v) is 15.0. The van der Waals surface area contributed by atoms with Crippen LogP contribution in [0.5, 0.6) is 0 Å². The molecule has 1 atom stereocenters. The molecule has 0 spiro atoms. The third kappa shape index (κ3) is 3.84. The third-order valence-electron chi connectivity index (χ3n) is 3.99. The first kappa shape index (κ1) is 17.3. The molecule has 2 N–H and O–H groups in total. The van der Waals surface area contributed by atoms with E-state index >= 15 is 0 Å². The average molecular weight is 380 g/mol. The molecule has 3 aromatic heterocycles. The van der Waals surface area contributed by atoms with Crippen LogP contribution >= 0.6 is 11.3 Å². The Bertz CT molecular complexity index is 1020. The highest BCUT2D eigenvalue weighted by Crippen LogP contribution is 2.28. The van der Waals surface area contributed by atoms with Crippen molar-refractivity contribution in [3.05, 3.63) is 88.1 Å². The minimum atomic E-state index is -0.807. The van der Waals surface area contributed by atoms with E-state index in [1.165, 1.54) is 17.6 Å². The highest BCUT2D eigenvalue weighted by molar-refractivity contribution is 7.12. The molecule has 7 heteroatoms. The smallest absolute Gasteiger partial charge is 0.273 e. The molecule has 0 unspecified atom stereocenters. The fourth-order valence-corrected chi connectivity index (χ4v) is 3.55. The maximum absolute atomic E-state index is 12.3. The Labute approximate surface area is 159 Å². The number of nitrogens with zero attached hydrogens (tertiary/aromatic N) is 1. The van der Waals surface area contributed by atoms with Crippen molar-refractivity contribution < 1.29 is 18.8 Å². The van der Waals surface area contributed by atoms with Gasteiger partial charge in [0.2, 0.25) is 0 Å². The van der Waals surface area contributed by atoms with Crippen molar-refractivity contribution in [2.75, 3.05) is 0 Å². The average Bonchev–Trinajstić information content (AvgIpc) is 3.48. The van der Waals surface area contributed by atoms with Gasteiger partial charge in [0.15, 0.2) is 11.5 Å². The molecule has 0 saturated carbocycles. The highest BCUT2D eigenvalue weighted by Gasteiger charge is 2.17. The molecule has 4 rings (SSSR count). The number of benzene rings is 1. The predicted octanol–water partition coefficient (Wildman–Crippen LogP) is 4.01. The van der Waals surface area contributed by atoms with Crippen molar-refractivity contribution in [2.45, 2.75) is 12.6 Å². The van der Waals surface area contributed by atoms with Crippen molar-refractivity contribution in [1.82, 2.24) is 10.5 Å². The number of hydrogen-bond acceptors (Lipinski definition) is 6. The van der Waals surface area contributed by atoms with Crippen LogP contribution in [0.2, 0.25) is 0 Å². The largest absolute Gasteiger partial charge is 0.466 e. The van der Waals surface area contributed by atoms with Crippen LogP contribution in [-0.2, 0) is 6.54 Å². The molecule has 27 heavy (non-hydrogen) atoms. The van der Waals surface area contributed by atoms with E-state index in [9.17, 15) is 9.90 Å². The molecule has 1 aromatic carbocycles. The zero-order chi connectivity index (χ0) is 18.6. The normalized spacial score (nSPS) is 12.0. The number of nitrogens with one attached hydrogen (secondary N) is 1. The molecule has 3 heterocycles. The summed E-state index contributed by atoms with van der Waals surface area (Å²) in [5.74, 6) is 0.715. The second kappa shape index (κ2) is 7.61. The summed E-state index contributed by atoms with van der Waals surface area (Å²) in [4.78, 5) is 14.0. The number of rotatable bonds is 6. The minimum Gasteiger partial charge on any atom is -0.466 e. The molecule has 0 radical (unpaired) electrons. The zero-order valence-electron chi connectivity index (χ0n) is 14.2. The summed E-state index contributed by atoms with van der Waals surface area (Å²) < 4.78 is 10.5. The van der Waals surface area contributed by atoms with Gasteiger partial charge in [0, 0.05) is 21.4 Å². The van der Waals surface area contributed by atoms with Crippen molar-refractivity contribution in [3.63, 3.8) is 0 Å². The molecular weight excluding hydrogens is 364 g/mol. The lowest BCUT2D eigenvalue weighted by atomic mass is 10.1. The number of hydrogen-bond donors (Lipinski definition) is 2. The number of amides is 1. The first-order chi connectivity index (χ1) is 13.2. The molecule has 0 bridgehead atoms. The van der Waals surface area contributed by atoms with Crippen LogP contribution in [0.4, 0.5) is 0 Å². The Kier molecular flexibility index (Phi) is 4.86. The minimum absolute atomic E-state index is 0.223. The van der Waals surface area contributed by atoms with E-state index in [0.29, 0.717) is 18.1 Å². The second-order valence-corrected chi connectivity index (χ2v) is 7.05. The molecule has 136 valence electrons. The topological polar surface area (TPSA) is 88.5 Å². The lowest BCUT2D eigenvalue weighted by molar-refractivity contribution is 0.0942. The number of aromatic nitrogens is 1. The molecule has 0 fully saturated rings. The van der Waals surface area contributed by atoms with E-state index in [-0.39, 0.29) is 11.6 Å². The molecule has 0 aliphatic heterocycles. The van der Waals surface area contributed by atoms with Crippen molar-refractivity contribution in [3.8, 4) is 11.3 Å². The Morgan fingerprint density at radius 1 is 1.15 bits per heavy atom. The standard InChI is InChI=1S/C20H16N2O4S/c23-19(16-7-4-10-25-16)18-9-8-14(27-18)12-21-20(24)15-11-17(26-22-15)13-5-2-1-3-6-13/h1-11,19,23H,12H2,(H,21,24)/t19-/m1/s1. The maximum Gasteiger partial charge on any atom is 0.273 e. The third-order valence-corrected chi connectivity index (χ3v) is 5.13. The summed E-state index contributed by atoms with van der Waals surface area (Å²) in [6.45, 7) is 0.335. The maximum atomic E-state index is 12.3. The summed E-state index contributed by atoms with van der Waals surface area (Å²) in [5, 5.41) is 16.9. The van der Waals surface area contributed by atoms with Crippen molar-refractivity contribution in [1.29, 1.82) is 0 Å². The van der Waals surface area contributed by atoms with E-state index in [2.05, 4.69) is 10.5 Å². The van der Waals surface area contributed by atoms with Crippen LogP contribution in [0.15, 0.2) is 75.9 Å². The summed E-state index contributed by atoms with van der Waals surface area (Å²) in [6.07, 6.45) is 0.716. The van der Waals surface area contributed by atoms with Crippen LogP contribution < -0.4 is 5.32 Å². The number of carbonyl (C=O) groups excluding carboxylic acids is 1. The van der Waals surface area contributed by atoms with Gasteiger partial charge in [-0.25, -0.2) is 0 Å². The van der Waals surface area contributed by atoms with E-state index in [1.807, 2.05) is 42.5 Å². The Morgan fingerprint density at radius 3 is 2.78 bits per heavy atom. The lowest BCUT2D eigenvalue weighted by Gasteiger charge is -2.04. The Hall–Kier alpha value is -3.16.